The van der Waals surface area contributed by atoms with Gasteiger partial charge >= 0.3 is 6.18 Å². The maximum absolute atomic E-state index is 12.9. The minimum atomic E-state index is -4.35. The standard InChI is InChI=1S/C25H27F5N6O2/c1-13(6-8-25(28,29)30)21-22-24(33-15(3)14(2)32-22)35-23(34-21)16-7-9-38-18(10-16)17-4-5-20(37)36(12-17)31-11-19(26)27/h4-5,12,16,18-19,31H,1,6-11H2,2-3H3. The van der Waals surface area contributed by atoms with Gasteiger partial charge in [0.25, 0.3) is 12.0 Å². The first-order valence-electron chi connectivity index (χ1n) is 12.1. The molecule has 0 bridgehead atoms. The molecule has 1 aliphatic heterocycles. The molecule has 4 rings (SSSR count). The van der Waals surface area contributed by atoms with E-state index in [1.165, 1.54) is 12.3 Å². The monoisotopic (exact) mass is 538 g/mol. The minimum absolute atomic E-state index is 0.189. The van der Waals surface area contributed by atoms with Crippen molar-refractivity contribution in [1.29, 1.82) is 0 Å². The number of allylic oxidation sites excluding steroid dienone is 1. The van der Waals surface area contributed by atoms with E-state index in [-0.39, 0.29) is 29.3 Å². The molecule has 204 valence electrons. The summed E-state index contributed by atoms with van der Waals surface area (Å²) in [6.07, 6.45) is -6.50. The summed E-state index contributed by atoms with van der Waals surface area (Å²) in [7, 11) is 0. The van der Waals surface area contributed by atoms with Crippen molar-refractivity contribution in [2.45, 2.75) is 64.2 Å². The lowest BCUT2D eigenvalue weighted by molar-refractivity contribution is -0.133. The maximum atomic E-state index is 12.9. The van der Waals surface area contributed by atoms with Crippen LogP contribution in [0.1, 0.15) is 66.2 Å². The SMILES string of the molecule is C=C(CCC(F)(F)F)c1nc(C2CCOC(c3ccc(=O)n(NCC(F)F)c3)C2)nc2nc(C)c(C)nc12. The van der Waals surface area contributed by atoms with Crippen LogP contribution in [-0.4, -0.2) is 50.4 Å². The third-order valence-electron chi connectivity index (χ3n) is 6.38. The summed E-state index contributed by atoms with van der Waals surface area (Å²) >= 11 is 0. The lowest BCUT2D eigenvalue weighted by Crippen LogP contribution is -2.32. The number of aryl methyl sites for hydroxylation is 2. The molecule has 1 saturated heterocycles. The van der Waals surface area contributed by atoms with Gasteiger partial charge in [-0.15, -0.1) is 0 Å². The number of hydrogen-bond acceptors (Lipinski definition) is 7. The molecule has 4 heterocycles. The molecule has 38 heavy (non-hydrogen) atoms. The van der Waals surface area contributed by atoms with Gasteiger partial charge in [0.1, 0.15) is 11.3 Å². The fraction of sp³-hybridized carbons (Fsp3) is 0.480. The molecule has 3 aromatic heterocycles. The Morgan fingerprint density at radius 1 is 1.18 bits per heavy atom. The van der Waals surface area contributed by atoms with E-state index in [1.54, 1.807) is 19.9 Å². The smallest absolute Gasteiger partial charge is 0.373 e. The first-order chi connectivity index (χ1) is 17.9. The first-order valence-corrected chi connectivity index (χ1v) is 12.1. The van der Waals surface area contributed by atoms with Gasteiger partial charge in [-0.2, -0.15) is 13.2 Å². The Hall–Kier alpha value is -3.48. The zero-order valence-corrected chi connectivity index (χ0v) is 20.9. The molecule has 2 atom stereocenters. The van der Waals surface area contributed by atoms with Crippen LogP contribution in [0.4, 0.5) is 22.0 Å². The van der Waals surface area contributed by atoms with Gasteiger partial charge in [-0.05, 0) is 50.3 Å². The second-order valence-corrected chi connectivity index (χ2v) is 9.22. The number of nitrogens with one attached hydrogen (secondary N) is 1. The highest BCUT2D eigenvalue weighted by molar-refractivity contribution is 5.84. The Kier molecular flexibility index (Phi) is 8.05. The Morgan fingerprint density at radius 3 is 2.63 bits per heavy atom. The van der Waals surface area contributed by atoms with Crippen molar-refractivity contribution in [2.75, 3.05) is 18.6 Å². The van der Waals surface area contributed by atoms with E-state index in [2.05, 4.69) is 31.9 Å². The van der Waals surface area contributed by atoms with Crippen molar-refractivity contribution < 1.29 is 26.7 Å². The Balaban J connectivity index is 1.66. The predicted molar refractivity (Wildman–Crippen MR) is 131 cm³/mol. The van der Waals surface area contributed by atoms with Gasteiger partial charge in [-0.3, -0.25) is 4.79 Å². The molecule has 1 fully saturated rings. The molecule has 0 saturated carbocycles. The van der Waals surface area contributed by atoms with Crippen LogP contribution < -0.4 is 11.0 Å². The van der Waals surface area contributed by atoms with E-state index < -0.39 is 37.2 Å². The fourth-order valence-electron chi connectivity index (χ4n) is 4.22. The minimum Gasteiger partial charge on any atom is -0.373 e. The fourth-order valence-corrected chi connectivity index (χ4v) is 4.22. The molecule has 0 aromatic carbocycles. The normalized spacial score (nSPS) is 18.2. The summed E-state index contributed by atoms with van der Waals surface area (Å²) in [5.74, 6) is 0.140. The van der Waals surface area contributed by atoms with Crippen molar-refractivity contribution in [1.82, 2.24) is 24.6 Å². The number of hydrogen-bond donors (Lipinski definition) is 1. The number of fused-ring (bicyclic) bond motifs is 1. The lowest BCUT2D eigenvalue weighted by atomic mass is 9.91. The highest BCUT2D eigenvalue weighted by atomic mass is 19.4. The van der Waals surface area contributed by atoms with Gasteiger partial charge in [0.2, 0.25) is 0 Å². The molecular formula is C25H27F5N6O2. The zero-order valence-electron chi connectivity index (χ0n) is 20.9. The topological polar surface area (TPSA) is 94.8 Å². The summed E-state index contributed by atoms with van der Waals surface area (Å²) in [6, 6.07) is 2.83. The Bertz CT molecular complexity index is 1390. The van der Waals surface area contributed by atoms with E-state index in [9.17, 15) is 26.7 Å². The second-order valence-electron chi connectivity index (χ2n) is 9.22. The van der Waals surface area contributed by atoms with Crippen LogP contribution in [0.15, 0.2) is 29.7 Å². The number of halogens is 5. The number of rotatable bonds is 8. The van der Waals surface area contributed by atoms with Crippen LogP contribution >= 0.6 is 0 Å². The number of pyridine rings is 1. The molecule has 3 aromatic rings. The average molecular weight is 539 g/mol. The van der Waals surface area contributed by atoms with E-state index >= 15 is 0 Å². The van der Waals surface area contributed by atoms with Crippen LogP contribution in [0.3, 0.4) is 0 Å². The quantitative estimate of drug-likeness (QED) is 0.404. The van der Waals surface area contributed by atoms with E-state index in [1.807, 2.05) is 0 Å². The summed E-state index contributed by atoms with van der Waals surface area (Å²) < 4.78 is 70.8. The third kappa shape index (κ3) is 6.50. The third-order valence-corrected chi connectivity index (χ3v) is 6.38. The highest BCUT2D eigenvalue weighted by Crippen LogP contribution is 2.37. The van der Waals surface area contributed by atoms with E-state index in [0.29, 0.717) is 47.7 Å². The van der Waals surface area contributed by atoms with Crippen molar-refractivity contribution in [3.63, 3.8) is 0 Å². The van der Waals surface area contributed by atoms with Gasteiger partial charge < -0.3 is 10.2 Å². The predicted octanol–water partition coefficient (Wildman–Crippen LogP) is 5.00. The van der Waals surface area contributed by atoms with Gasteiger partial charge in [0, 0.05) is 31.2 Å². The molecule has 0 spiro atoms. The maximum Gasteiger partial charge on any atom is 0.389 e. The summed E-state index contributed by atoms with van der Waals surface area (Å²) in [6.45, 7) is 7.00. The van der Waals surface area contributed by atoms with E-state index in [0.717, 1.165) is 4.68 Å². The van der Waals surface area contributed by atoms with Crippen molar-refractivity contribution in [2.24, 2.45) is 0 Å². The molecule has 0 radical (unpaired) electrons. The zero-order chi connectivity index (χ0) is 27.6. The summed E-state index contributed by atoms with van der Waals surface area (Å²) in [5.41, 5.74) is 4.72. The molecule has 1 N–H and O–H groups in total. The van der Waals surface area contributed by atoms with Crippen LogP contribution in [0.2, 0.25) is 0 Å². The highest BCUT2D eigenvalue weighted by Gasteiger charge is 2.30. The van der Waals surface area contributed by atoms with Gasteiger partial charge in [-0.25, -0.2) is 33.4 Å². The Morgan fingerprint density at radius 2 is 1.92 bits per heavy atom. The molecule has 8 nitrogen and oxygen atoms in total. The number of aromatic nitrogens is 5. The number of alkyl halides is 5. The summed E-state index contributed by atoms with van der Waals surface area (Å²) in [5, 5.41) is 0. The van der Waals surface area contributed by atoms with E-state index in [4.69, 9.17) is 4.74 Å². The van der Waals surface area contributed by atoms with Crippen LogP contribution in [0, 0.1) is 13.8 Å². The molecule has 0 amide bonds. The summed E-state index contributed by atoms with van der Waals surface area (Å²) in [4.78, 5) is 30.3. The largest absolute Gasteiger partial charge is 0.389 e. The molecule has 1 aliphatic rings. The lowest BCUT2D eigenvalue weighted by Gasteiger charge is -2.29. The van der Waals surface area contributed by atoms with Crippen LogP contribution in [0.5, 0.6) is 0 Å². The molecule has 0 aliphatic carbocycles. The average Bonchev–Trinajstić information content (AvgIpc) is 2.86. The molecule has 2 unspecified atom stereocenters. The number of ether oxygens (including phenoxy) is 1. The first kappa shape index (κ1) is 27.6. The molecule has 13 heteroatoms. The van der Waals surface area contributed by atoms with Crippen LogP contribution in [0.25, 0.3) is 16.7 Å². The van der Waals surface area contributed by atoms with Crippen molar-refractivity contribution >= 4 is 16.7 Å². The second kappa shape index (κ2) is 11.1. The molecular weight excluding hydrogens is 511 g/mol. The Labute approximate surface area is 215 Å². The van der Waals surface area contributed by atoms with Gasteiger partial charge in [-0.1, -0.05) is 6.58 Å². The van der Waals surface area contributed by atoms with Crippen molar-refractivity contribution in [3.8, 4) is 0 Å². The van der Waals surface area contributed by atoms with Crippen molar-refractivity contribution in [3.05, 3.63) is 63.7 Å². The van der Waals surface area contributed by atoms with Gasteiger partial charge in [0.05, 0.1) is 29.7 Å². The number of nitrogens with zero attached hydrogens (tertiary/aromatic N) is 5. The van der Waals surface area contributed by atoms with Crippen LogP contribution in [-0.2, 0) is 4.74 Å². The van der Waals surface area contributed by atoms with Gasteiger partial charge in [0.15, 0.2) is 5.65 Å².